The van der Waals surface area contributed by atoms with Gasteiger partial charge in [0, 0.05) is 41.1 Å². The van der Waals surface area contributed by atoms with Gasteiger partial charge in [0.15, 0.2) is 5.78 Å². The van der Waals surface area contributed by atoms with E-state index in [1.165, 1.54) is 28.2 Å². The Morgan fingerprint density at radius 3 is 2.55 bits per heavy atom. The largest absolute Gasteiger partial charge is 0.306 e. The molecule has 0 aliphatic heterocycles. The van der Waals surface area contributed by atoms with E-state index in [2.05, 4.69) is 4.98 Å². The predicted molar refractivity (Wildman–Crippen MR) is 111 cm³/mol. The second-order valence-electron chi connectivity index (χ2n) is 6.68. The molecule has 4 aromatic rings. The molecule has 0 spiro atoms. The van der Waals surface area contributed by atoms with Gasteiger partial charge in [-0.25, -0.2) is 9.37 Å². The minimum Gasteiger partial charge on any atom is -0.306 e. The number of carbonyl (C=O) groups is 1. The van der Waals surface area contributed by atoms with Gasteiger partial charge >= 0.3 is 0 Å². The van der Waals surface area contributed by atoms with Gasteiger partial charge in [-0.15, -0.1) is 11.3 Å². The summed E-state index contributed by atoms with van der Waals surface area (Å²) >= 11 is 1.51. The summed E-state index contributed by atoms with van der Waals surface area (Å²) < 4.78 is 16.4. The van der Waals surface area contributed by atoms with Crippen LogP contribution in [0.2, 0.25) is 0 Å². The molecule has 0 atom stereocenters. The van der Waals surface area contributed by atoms with Crippen LogP contribution in [0.15, 0.2) is 72.0 Å². The molecule has 146 valence electrons. The van der Waals surface area contributed by atoms with Crippen molar-refractivity contribution in [3.05, 3.63) is 98.9 Å². The zero-order valence-electron chi connectivity index (χ0n) is 15.7. The summed E-state index contributed by atoms with van der Waals surface area (Å²) in [7, 11) is 0. The molecule has 0 N–H and O–H groups in total. The van der Waals surface area contributed by atoms with Gasteiger partial charge in [-0.05, 0) is 55.8 Å². The third kappa shape index (κ3) is 4.25. The van der Waals surface area contributed by atoms with Crippen molar-refractivity contribution in [3.63, 3.8) is 0 Å². The molecule has 0 radical (unpaired) electrons. The zero-order chi connectivity index (χ0) is 20.4. The van der Waals surface area contributed by atoms with Crippen molar-refractivity contribution < 1.29 is 9.18 Å². The molecule has 3 heterocycles. The Hall–Kier alpha value is -3.32. The molecule has 0 unspecified atom stereocenters. The van der Waals surface area contributed by atoms with Crippen molar-refractivity contribution in [1.82, 2.24) is 14.1 Å². The first kappa shape index (κ1) is 19.0. The standard InChI is InChI=1S/C22H18FN3O2S/c1-15-2-9-21(29-15)20(27)8-3-17-13-25(14-24-17)18-4-6-19(7-5-18)26-11-10-16(23)12-22(26)28/h2,4-7,9-14H,3,8H2,1H3. The maximum Gasteiger partial charge on any atom is 0.257 e. The van der Waals surface area contributed by atoms with Crippen LogP contribution < -0.4 is 5.56 Å². The Morgan fingerprint density at radius 1 is 1.10 bits per heavy atom. The number of benzene rings is 1. The first-order valence-electron chi connectivity index (χ1n) is 9.11. The van der Waals surface area contributed by atoms with Crippen LogP contribution in [0.1, 0.15) is 26.7 Å². The number of nitrogens with zero attached hydrogens (tertiary/aromatic N) is 3. The maximum absolute atomic E-state index is 13.1. The minimum absolute atomic E-state index is 0.131. The average Bonchev–Trinajstić information content (AvgIpc) is 3.36. The van der Waals surface area contributed by atoms with E-state index >= 15 is 0 Å². The lowest BCUT2D eigenvalue weighted by molar-refractivity contribution is 0.0986. The van der Waals surface area contributed by atoms with Crippen molar-refractivity contribution in [1.29, 1.82) is 0 Å². The normalized spacial score (nSPS) is 11.0. The number of aryl methyl sites for hydroxylation is 2. The quantitative estimate of drug-likeness (QED) is 0.447. The molecule has 5 nitrogen and oxygen atoms in total. The number of pyridine rings is 1. The van der Waals surface area contributed by atoms with E-state index in [1.54, 1.807) is 18.5 Å². The van der Waals surface area contributed by atoms with E-state index in [1.807, 2.05) is 42.0 Å². The van der Waals surface area contributed by atoms with Crippen molar-refractivity contribution in [2.45, 2.75) is 19.8 Å². The molecule has 29 heavy (non-hydrogen) atoms. The number of hydrogen-bond donors (Lipinski definition) is 0. The summed E-state index contributed by atoms with van der Waals surface area (Å²) in [5.74, 6) is -0.423. The molecular formula is C22H18FN3O2S. The van der Waals surface area contributed by atoms with Crippen LogP contribution in [0.25, 0.3) is 11.4 Å². The molecule has 1 aromatic carbocycles. The molecule has 0 saturated heterocycles. The average molecular weight is 407 g/mol. The van der Waals surface area contributed by atoms with Crippen LogP contribution in [0.4, 0.5) is 4.39 Å². The van der Waals surface area contributed by atoms with E-state index in [0.717, 1.165) is 27.2 Å². The highest BCUT2D eigenvalue weighted by Gasteiger charge is 2.10. The predicted octanol–water partition coefficient (Wildman–Crippen LogP) is 4.35. The Balaban J connectivity index is 1.45. The summed E-state index contributed by atoms with van der Waals surface area (Å²) in [4.78, 5) is 30.5. The third-order valence-corrected chi connectivity index (χ3v) is 5.61. The van der Waals surface area contributed by atoms with E-state index in [9.17, 15) is 14.0 Å². The lowest BCUT2D eigenvalue weighted by Crippen LogP contribution is -2.16. The minimum atomic E-state index is -0.554. The fourth-order valence-electron chi connectivity index (χ4n) is 3.04. The second-order valence-corrected chi connectivity index (χ2v) is 7.96. The molecule has 7 heteroatoms. The molecule has 4 rings (SSSR count). The Labute approximate surface area is 170 Å². The summed E-state index contributed by atoms with van der Waals surface area (Å²) in [6.45, 7) is 1.99. The molecular weight excluding hydrogens is 389 g/mol. The zero-order valence-corrected chi connectivity index (χ0v) is 16.5. The van der Waals surface area contributed by atoms with Crippen molar-refractivity contribution in [3.8, 4) is 11.4 Å². The van der Waals surface area contributed by atoms with Crippen LogP contribution in [0.3, 0.4) is 0 Å². The van der Waals surface area contributed by atoms with Gasteiger partial charge in [0.1, 0.15) is 5.82 Å². The number of aromatic nitrogens is 3. The Bertz CT molecular complexity index is 1220. The lowest BCUT2D eigenvalue weighted by atomic mass is 10.1. The number of rotatable bonds is 6. The van der Waals surface area contributed by atoms with E-state index in [0.29, 0.717) is 18.5 Å². The van der Waals surface area contributed by atoms with Crippen molar-refractivity contribution in [2.75, 3.05) is 0 Å². The number of imidazole rings is 1. The van der Waals surface area contributed by atoms with Crippen LogP contribution >= 0.6 is 11.3 Å². The highest BCUT2D eigenvalue weighted by atomic mass is 32.1. The molecule has 0 fully saturated rings. The van der Waals surface area contributed by atoms with Crippen LogP contribution in [-0.4, -0.2) is 19.9 Å². The van der Waals surface area contributed by atoms with Gasteiger partial charge in [0.05, 0.1) is 16.9 Å². The third-order valence-electron chi connectivity index (χ3n) is 4.57. The van der Waals surface area contributed by atoms with Gasteiger partial charge in [-0.3, -0.25) is 14.2 Å². The molecule has 3 aromatic heterocycles. The van der Waals surface area contributed by atoms with Gasteiger partial charge < -0.3 is 4.57 Å². The number of halogens is 1. The van der Waals surface area contributed by atoms with Crippen LogP contribution in [0.5, 0.6) is 0 Å². The van der Waals surface area contributed by atoms with Crippen LogP contribution in [-0.2, 0) is 6.42 Å². The summed E-state index contributed by atoms with van der Waals surface area (Å²) in [6, 6.07) is 13.3. The molecule has 0 aliphatic carbocycles. The Morgan fingerprint density at radius 2 is 1.86 bits per heavy atom. The van der Waals surface area contributed by atoms with E-state index in [-0.39, 0.29) is 5.78 Å². The lowest BCUT2D eigenvalue weighted by Gasteiger charge is -2.07. The Kier molecular flexibility index (Phi) is 5.22. The first-order valence-corrected chi connectivity index (χ1v) is 9.93. The van der Waals surface area contributed by atoms with Gasteiger partial charge in [-0.1, -0.05) is 0 Å². The monoisotopic (exact) mass is 407 g/mol. The summed E-state index contributed by atoms with van der Waals surface area (Å²) in [6.07, 6.45) is 6.00. The van der Waals surface area contributed by atoms with Crippen LogP contribution in [0, 0.1) is 12.7 Å². The summed E-state index contributed by atoms with van der Waals surface area (Å²) in [5, 5.41) is 0. The topological polar surface area (TPSA) is 56.9 Å². The fraction of sp³-hybridized carbons (Fsp3) is 0.136. The maximum atomic E-state index is 13.1. The smallest absolute Gasteiger partial charge is 0.257 e. The highest BCUT2D eigenvalue weighted by Crippen LogP contribution is 2.18. The molecule has 0 amide bonds. The van der Waals surface area contributed by atoms with E-state index in [4.69, 9.17) is 0 Å². The van der Waals surface area contributed by atoms with Gasteiger partial charge in [0.2, 0.25) is 0 Å². The number of carbonyl (C=O) groups excluding carboxylic acids is 1. The van der Waals surface area contributed by atoms with Gasteiger partial charge in [-0.2, -0.15) is 0 Å². The number of ketones is 1. The number of thiophene rings is 1. The molecule has 0 aliphatic rings. The SMILES string of the molecule is Cc1ccc(C(=O)CCc2cn(-c3ccc(-n4ccc(F)cc4=O)cc3)cn2)s1. The fourth-order valence-corrected chi connectivity index (χ4v) is 3.87. The summed E-state index contributed by atoms with van der Waals surface area (Å²) in [5.41, 5.74) is 1.94. The van der Waals surface area contributed by atoms with Crippen molar-refractivity contribution >= 4 is 17.1 Å². The second kappa shape index (κ2) is 7.97. The highest BCUT2D eigenvalue weighted by molar-refractivity contribution is 7.14. The van der Waals surface area contributed by atoms with Crippen molar-refractivity contribution in [2.24, 2.45) is 0 Å². The molecule has 0 saturated carbocycles. The molecule has 0 bridgehead atoms. The first-order chi connectivity index (χ1) is 14.0. The van der Waals surface area contributed by atoms with Gasteiger partial charge in [0.25, 0.3) is 5.56 Å². The number of hydrogen-bond acceptors (Lipinski definition) is 4. The van der Waals surface area contributed by atoms with E-state index < -0.39 is 11.4 Å². The number of Topliss-reactive ketones (excluding diaryl/α,β-unsaturated/α-hetero) is 1.